The van der Waals surface area contributed by atoms with Gasteiger partial charge >= 0.3 is 5.97 Å². The van der Waals surface area contributed by atoms with Crippen molar-refractivity contribution in [2.24, 2.45) is 5.92 Å². The summed E-state index contributed by atoms with van der Waals surface area (Å²) in [5.74, 6) is -0.0218. The molecule has 0 spiro atoms. The minimum atomic E-state index is -1.22. The molecule has 2 aromatic carbocycles. The Balaban J connectivity index is 1.93. The highest BCUT2D eigenvalue weighted by molar-refractivity contribution is 5.69. The number of alkyl halides is 1. The van der Waals surface area contributed by atoms with E-state index < -0.39 is 11.8 Å². The summed E-state index contributed by atoms with van der Waals surface area (Å²) in [7, 11) is 0. The van der Waals surface area contributed by atoms with Crippen molar-refractivity contribution in [3.8, 4) is 0 Å². The fourth-order valence-corrected chi connectivity index (χ4v) is 3.13. The van der Waals surface area contributed by atoms with Crippen LogP contribution < -0.4 is 0 Å². The Bertz CT molecular complexity index is 723. The van der Waals surface area contributed by atoms with Crippen molar-refractivity contribution < 1.29 is 18.7 Å². The molecule has 0 aliphatic carbocycles. The second-order valence-corrected chi connectivity index (χ2v) is 8.89. The number of rotatable bonds is 13. The molecular formula is C26H36FNO3. The first-order valence-electron chi connectivity index (χ1n) is 11.0. The van der Waals surface area contributed by atoms with Crippen LogP contribution in [0.2, 0.25) is 0 Å². The molecule has 2 aromatic rings. The van der Waals surface area contributed by atoms with Crippen LogP contribution in [0.3, 0.4) is 0 Å². The molecule has 0 radical (unpaired) electrons. The maximum absolute atomic E-state index is 15.3. The third-order valence-electron chi connectivity index (χ3n) is 5.03. The number of carbonyl (C=O) groups excluding carboxylic acids is 1. The lowest BCUT2D eigenvalue weighted by molar-refractivity contribution is -0.148. The molecule has 0 saturated carbocycles. The molecule has 1 atom stereocenters. The normalized spacial score (nSPS) is 12.9. The highest BCUT2D eigenvalue weighted by Crippen LogP contribution is 2.22. The zero-order valence-electron chi connectivity index (χ0n) is 19.2. The summed E-state index contributed by atoms with van der Waals surface area (Å²) in [6, 6.07) is 20.1. The lowest BCUT2D eigenvalue weighted by Gasteiger charge is -2.33. The van der Waals surface area contributed by atoms with Crippen molar-refractivity contribution >= 4 is 5.97 Å². The number of nitrogens with zero attached hydrogens (tertiary/aromatic N) is 1. The number of hydrogen-bond donors (Lipinski definition) is 0. The van der Waals surface area contributed by atoms with Crippen LogP contribution in [0, 0.1) is 5.92 Å². The van der Waals surface area contributed by atoms with Gasteiger partial charge in [0, 0.05) is 19.6 Å². The standard InChI is InChI=1S/C26H36FNO3/c1-21(2)20-30-25(29)15-16-31-26(3,4)24(27)19-28(17-22-11-7-5-8-12-22)18-23-13-9-6-10-14-23/h5-14,21,24H,15-20H2,1-4H3. The Kier molecular flexibility index (Phi) is 10.2. The van der Waals surface area contributed by atoms with E-state index in [4.69, 9.17) is 9.47 Å². The molecule has 0 amide bonds. The Morgan fingerprint density at radius 2 is 1.48 bits per heavy atom. The number of benzene rings is 2. The second-order valence-electron chi connectivity index (χ2n) is 8.89. The predicted molar refractivity (Wildman–Crippen MR) is 122 cm³/mol. The Morgan fingerprint density at radius 3 is 1.97 bits per heavy atom. The van der Waals surface area contributed by atoms with Gasteiger partial charge in [0.25, 0.3) is 0 Å². The summed E-state index contributed by atoms with van der Waals surface area (Å²) in [4.78, 5) is 13.9. The van der Waals surface area contributed by atoms with Gasteiger partial charge in [-0.25, -0.2) is 4.39 Å². The third kappa shape index (κ3) is 9.62. The fourth-order valence-electron chi connectivity index (χ4n) is 3.13. The van der Waals surface area contributed by atoms with E-state index in [9.17, 15) is 4.79 Å². The van der Waals surface area contributed by atoms with Crippen LogP contribution in [0.25, 0.3) is 0 Å². The molecule has 170 valence electrons. The smallest absolute Gasteiger partial charge is 0.308 e. The van der Waals surface area contributed by atoms with Gasteiger partial charge in [0.05, 0.1) is 25.2 Å². The Labute approximate surface area is 186 Å². The molecule has 2 rings (SSSR count). The minimum Gasteiger partial charge on any atom is -0.465 e. The first-order chi connectivity index (χ1) is 14.8. The van der Waals surface area contributed by atoms with Crippen LogP contribution in [0.1, 0.15) is 45.2 Å². The van der Waals surface area contributed by atoms with Crippen molar-refractivity contribution in [2.45, 2.75) is 59.0 Å². The molecule has 0 N–H and O–H groups in total. The fraction of sp³-hybridized carbons (Fsp3) is 0.500. The van der Waals surface area contributed by atoms with E-state index in [-0.39, 0.29) is 31.5 Å². The van der Waals surface area contributed by atoms with Gasteiger partial charge < -0.3 is 9.47 Å². The van der Waals surface area contributed by atoms with E-state index in [0.29, 0.717) is 19.7 Å². The highest BCUT2D eigenvalue weighted by Gasteiger charge is 2.32. The van der Waals surface area contributed by atoms with E-state index >= 15 is 4.39 Å². The molecule has 0 saturated heterocycles. The largest absolute Gasteiger partial charge is 0.465 e. The molecule has 0 aliphatic heterocycles. The van der Waals surface area contributed by atoms with Crippen molar-refractivity contribution in [1.82, 2.24) is 4.90 Å². The van der Waals surface area contributed by atoms with E-state index in [0.717, 1.165) is 11.1 Å². The minimum absolute atomic E-state index is 0.126. The zero-order chi connectivity index (χ0) is 22.7. The molecule has 0 heterocycles. The molecule has 31 heavy (non-hydrogen) atoms. The van der Waals surface area contributed by atoms with Crippen molar-refractivity contribution in [3.63, 3.8) is 0 Å². The van der Waals surface area contributed by atoms with E-state index in [1.165, 1.54) is 0 Å². The number of halogens is 1. The van der Waals surface area contributed by atoms with Gasteiger partial charge in [-0.05, 0) is 30.9 Å². The van der Waals surface area contributed by atoms with Crippen LogP contribution in [0.4, 0.5) is 4.39 Å². The monoisotopic (exact) mass is 429 g/mol. The molecule has 0 aromatic heterocycles. The van der Waals surface area contributed by atoms with Crippen molar-refractivity contribution in [1.29, 1.82) is 0 Å². The van der Waals surface area contributed by atoms with E-state index in [1.807, 2.05) is 50.2 Å². The molecule has 5 heteroatoms. The summed E-state index contributed by atoms with van der Waals surface area (Å²) >= 11 is 0. The van der Waals surface area contributed by atoms with Crippen LogP contribution >= 0.6 is 0 Å². The first-order valence-corrected chi connectivity index (χ1v) is 11.0. The van der Waals surface area contributed by atoms with Crippen molar-refractivity contribution in [2.75, 3.05) is 19.8 Å². The summed E-state index contributed by atoms with van der Waals surface area (Å²) in [5.41, 5.74) is 1.26. The van der Waals surface area contributed by atoms with Gasteiger partial charge in [0.15, 0.2) is 0 Å². The summed E-state index contributed by atoms with van der Waals surface area (Å²) in [6.07, 6.45) is -1.09. The van der Waals surface area contributed by atoms with Crippen LogP contribution in [-0.2, 0) is 27.4 Å². The third-order valence-corrected chi connectivity index (χ3v) is 5.03. The zero-order valence-corrected chi connectivity index (χ0v) is 19.2. The van der Waals surface area contributed by atoms with Gasteiger partial charge in [-0.1, -0.05) is 74.5 Å². The van der Waals surface area contributed by atoms with Gasteiger partial charge in [0.2, 0.25) is 0 Å². The van der Waals surface area contributed by atoms with E-state index in [1.54, 1.807) is 13.8 Å². The number of ether oxygens (including phenoxy) is 2. The molecule has 0 bridgehead atoms. The van der Waals surface area contributed by atoms with Crippen LogP contribution in [0.5, 0.6) is 0 Å². The summed E-state index contributed by atoms with van der Waals surface area (Å²) < 4.78 is 26.3. The first kappa shape index (κ1) is 25.0. The number of carbonyl (C=O) groups is 1. The average Bonchev–Trinajstić information content (AvgIpc) is 2.73. The molecule has 0 fully saturated rings. The molecule has 0 aliphatic rings. The number of esters is 1. The van der Waals surface area contributed by atoms with Crippen LogP contribution in [0.15, 0.2) is 60.7 Å². The van der Waals surface area contributed by atoms with Gasteiger partial charge in [-0.15, -0.1) is 0 Å². The maximum Gasteiger partial charge on any atom is 0.308 e. The second kappa shape index (κ2) is 12.6. The molecule has 1 unspecified atom stereocenters. The molecule has 4 nitrogen and oxygen atoms in total. The number of hydrogen-bond acceptors (Lipinski definition) is 4. The van der Waals surface area contributed by atoms with Crippen LogP contribution in [-0.4, -0.2) is 42.4 Å². The SMILES string of the molecule is CC(C)COC(=O)CCOC(C)(C)C(F)CN(Cc1ccccc1)Cc1ccccc1. The topological polar surface area (TPSA) is 38.8 Å². The van der Waals surface area contributed by atoms with Gasteiger partial charge in [-0.2, -0.15) is 0 Å². The average molecular weight is 430 g/mol. The Morgan fingerprint density at radius 1 is 0.968 bits per heavy atom. The van der Waals surface area contributed by atoms with Gasteiger partial charge in [-0.3, -0.25) is 9.69 Å². The Hall–Kier alpha value is -2.24. The lowest BCUT2D eigenvalue weighted by Crippen LogP contribution is -2.44. The highest BCUT2D eigenvalue weighted by atomic mass is 19.1. The summed E-state index contributed by atoms with van der Waals surface area (Å²) in [5, 5.41) is 0. The molecular weight excluding hydrogens is 393 g/mol. The van der Waals surface area contributed by atoms with E-state index in [2.05, 4.69) is 29.2 Å². The maximum atomic E-state index is 15.3. The lowest BCUT2D eigenvalue weighted by atomic mass is 10.0. The van der Waals surface area contributed by atoms with Crippen molar-refractivity contribution in [3.05, 3.63) is 71.8 Å². The predicted octanol–water partition coefficient (Wildman–Crippen LogP) is 5.41. The quantitative estimate of drug-likeness (QED) is 0.399. The van der Waals surface area contributed by atoms with Gasteiger partial charge in [0.1, 0.15) is 6.17 Å². The summed E-state index contributed by atoms with van der Waals surface area (Å²) in [6.45, 7) is 9.49.